The van der Waals surface area contributed by atoms with Gasteiger partial charge in [0.05, 0.1) is 5.57 Å². The average Bonchev–Trinajstić information content (AvgIpc) is 2.97. The van der Waals surface area contributed by atoms with Gasteiger partial charge in [0.25, 0.3) is 0 Å². The quantitative estimate of drug-likeness (QED) is 0.416. The smallest absolute Gasteiger partial charge is 0.432 e. The van der Waals surface area contributed by atoms with E-state index < -0.39 is 47.0 Å². The van der Waals surface area contributed by atoms with E-state index in [0.717, 1.165) is 30.3 Å². The Hall–Kier alpha value is -2.39. The number of hydrogen-bond acceptors (Lipinski definition) is 2. The third kappa shape index (κ3) is 4.09. The molecule has 1 atom stereocenters. The van der Waals surface area contributed by atoms with Crippen molar-refractivity contribution in [3.8, 4) is 5.75 Å². The number of aliphatic carboxylic acids is 1. The first-order valence-electron chi connectivity index (χ1n) is 8.10. The summed E-state index contributed by atoms with van der Waals surface area (Å²) in [6, 6.07) is 5.86. The number of benzene rings is 2. The molecule has 3 rings (SSSR count). The van der Waals surface area contributed by atoms with E-state index in [1.54, 1.807) is 0 Å². The second-order valence-electron chi connectivity index (χ2n) is 6.48. The lowest BCUT2D eigenvalue weighted by Gasteiger charge is -2.31. The van der Waals surface area contributed by atoms with Crippen LogP contribution < -0.4 is 4.74 Å². The van der Waals surface area contributed by atoms with Crippen molar-refractivity contribution in [1.29, 1.82) is 0 Å². The molecule has 0 amide bonds. The van der Waals surface area contributed by atoms with Crippen LogP contribution in [0.2, 0.25) is 10.0 Å². The molecule has 1 N–H and O–H groups in total. The Morgan fingerprint density at radius 2 is 1.63 bits per heavy atom. The van der Waals surface area contributed by atoms with Crippen LogP contribution in [0.25, 0.3) is 5.57 Å². The Morgan fingerprint density at radius 1 is 1.03 bits per heavy atom. The fourth-order valence-electron chi connectivity index (χ4n) is 3.20. The maximum atomic E-state index is 14.1. The number of carboxylic acids is 1. The lowest BCUT2D eigenvalue weighted by Crippen LogP contribution is -2.46. The van der Waals surface area contributed by atoms with Crippen molar-refractivity contribution < 1.29 is 41.0 Å². The predicted octanol–water partition coefficient (Wildman–Crippen LogP) is 6.42. The molecule has 160 valence electrons. The lowest BCUT2D eigenvalue weighted by atomic mass is 9.87. The third-order valence-corrected chi connectivity index (χ3v) is 4.89. The summed E-state index contributed by atoms with van der Waals surface area (Å²) in [5.74, 6) is -2.14. The summed E-state index contributed by atoms with van der Waals surface area (Å²) in [4.78, 5) is 10.8. The van der Waals surface area contributed by atoms with Crippen molar-refractivity contribution in [3.05, 3.63) is 69.2 Å². The third-order valence-electron chi connectivity index (χ3n) is 4.46. The van der Waals surface area contributed by atoms with Crippen LogP contribution in [0.5, 0.6) is 5.75 Å². The number of rotatable bonds is 3. The van der Waals surface area contributed by atoms with E-state index in [2.05, 4.69) is 0 Å². The van der Waals surface area contributed by atoms with Crippen LogP contribution in [0.15, 0.2) is 42.5 Å². The Labute approximate surface area is 175 Å². The number of alkyl halides is 6. The zero-order chi connectivity index (χ0) is 22.5. The maximum absolute atomic E-state index is 14.1. The second kappa shape index (κ2) is 7.39. The molecule has 0 aromatic heterocycles. The van der Waals surface area contributed by atoms with Gasteiger partial charge in [-0.25, -0.2) is 4.79 Å². The molecule has 0 aliphatic carbocycles. The fourth-order valence-corrected chi connectivity index (χ4v) is 3.72. The number of fused-ring (bicyclic) bond motifs is 1. The lowest BCUT2D eigenvalue weighted by molar-refractivity contribution is -0.248. The Bertz CT molecular complexity index is 1030. The summed E-state index contributed by atoms with van der Waals surface area (Å²) in [6.45, 7) is 0. The summed E-state index contributed by atoms with van der Waals surface area (Å²) < 4.78 is 87.1. The van der Waals surface area contributed by atoms with E-state index in [1.807, 2.05) is 0 Å². The molecule has 0 radical (unpaired) electrons. The normalized spacial score (nSPS) is 19.4. The van der Waals surface area contributed by atoms with E-state index >= 15 is 0 Å². The number of ether oxygens (including phenoxy) is 1. The molecule has 0 spiro atoms. The number of carbonyl (C=O) groups is 1. The molecule has 2 aromatic carbocycles. The minimum atomic E-state index is -5.03. The average molecular weight is 471 g/mol. The zero-order valence-electron chi connectivity index (χ0n) is 14.5. The van der Waals surface area contributed by atoms with Crippen LogP contribution in [0, 0.1) is 0 Å². The fraction of sp³-hybridized carbons (Fsp3) is 0.211. The molecule has 11 heteroatoms. The minimum Gasteiger partial charge on any atom is -0.478 e. The van der Waals surface area contributed by atoms with E-state index in [-0.39, 0.29) is 27.4 Å². The van der Waals surface area contributed by atoms with Crippen LogP contribution in [-0.2, 0) is 16.8 Å². The van der Waals surface area contributed by atoms with Gasteiger partial charge in [0.1, 0.15) is 5.75 Å². The second-order valence-corrected chi connectivity index (χ2v) is 7.35. The minimum absolute atomic E-state index is 0.0503. The molecule has 0 saturated heterocycles. The molecule has 1 unspecified atom stereocenters. The highest BCUT2D eigenvalue weighted by Crippen LogP contribution is 2.52. The number of halogens is 8. The molecule has 2 aromatic rings. The van der Waals surface area contributed by atoms with Gasteiger partial charge >= 0.3 is 18.3 Å². The summed E-state index contributed by atoms with van der Waals surface area (Å²) >= 11 is 11.6. The van der Waals surface area contributed by atoms with Gasteiger partial charge in [-0.05, 0) is 41.5 Å². The van der Waals surface area contributed by atoms with Gasteiger partial charge in [0.15, 0.2) is 0 Å². The number of hydrogen-bond donors (Lipinski definition) is 1. The zero-order valence-corrected chi connectivity index (χ0v) is 16.0. The number of carboxylic acid groups (broad SMARTS) is 1. The van der Waals surface area contributed by atoms with Gasteiger partial charge in [-0.2, -0.15) is 26.3 Å². The molecule has 1 heterocycles. The van der Waals surface area contributed by atoms with Crippen molar-refractivity contribution in [3.63, 3.8) is 0 Å². The van der Waals surface area contributed by atoms with Gasteiger partial charge < -0.3 is 9.84 Å². The molecule has 1 aliphatic heterocycles. The molecule has 0 bridgehead atoms. The Morgan fingerprint density at radius 3 is 2.13 bits per heavy atom. The molecule has 1 aliphatic rings. The van der Waals surface area contributed by atoms with E-state index in [9.17, 15) is 31.1 Å². The maximum Gasteiger partial charge on any atom is 0.432 e. The van der Waals surface area contributed by atoms with Crippen molar-refractivity contribution in [2.75, 3.05) is 0 Å². The molecule has 3 nitrogen and oxygen atoms in total. The van der Waals surface area contributed by atoms with E-state index in [1.165, 1.54) is 6.07 Å². The van der Waals surface area contributed by atoms with Gasteiger partial charge in [-0.15, -0.1) is 0 Å². The van der Waals surface area contributed by atoms with E-state index in [4.69, 9.17) is 33.0 Å². The highest BCUT2D eigenvalue weighted by Gasteiger charge is 2.61. The molecule has 30 heavy (non-hydrogen) atoms. The van der Waals surface area contributed by atoms with E-state index in [0.29, 0.717) is 0 Å². The van der Waals surface area contributed by atoms with Gasteiger partial charge in [0.2, 0.25) is 5.60 Å². The van der Waals surface area contributed by atoms with Crippen molar-refractivity contribution in [2.45, 2.75) is 24.4 Å². The first-order chi connectivity index (χ1) is 13.7. The standard InChI is InChI=1S/C19H10Cl2F6O3/c20-12-4-11(5-13(21)6-12)17(19(25,26)27)8-10-3-9(1-2-15(10)30-17)14(7-16(28)29)18(22,23)24/h1-7H,8H2,(H,28,29). The predicted molar refractivity (Wildman–Crippen MR) is 96.6 cm³/mol. The van der Waals surface area contributed by atoms with Crippen molar-refractivity contribution >= 4 is 34.7 Å². The topological polar surface area (TPSA) is 46.5 Å². The van der Waals surface area contributed by atoms with Gasteiger partial charge in [-0.3, -0.25) is 0 Å². The molecular formula is C19H10Cl2F6O3. The Balaban J connectivity index is 2.13. The summed E-state index contributed by atoms with van der Waals surface area (Å²) in [5, 5.41) is 8.56. The summed E-state index contributed by atoms with van der Waals surface area (Å²) in [7, 11) is 0. The summed E-state index contributed by atoms with van der Waals surface area (Å²) in [6.07, 6.45) is -10.9. The SMILES string of the molecule is O=C(O)C=C(c1ccc2c(c1)CC(c1cc(Cl)cc(Cl)c1)(C(F)(F)F)O2)C(F)(F)F. The van der Waals surface area contributed by atoms with Gasteiger partial charge in [-0.1, -0.05) is 29.3 Å². The largest absolute Gasteiger partial charge is 0.478 e. The molecule has 0 fully saturated rings. The highest BCUT2D eigenvalue weighted by atomic mass is 35.5. The molecular weight excluding hydrogens is 461 g/mol. The number of allylic oxidation sites excluding steroid dienone is 1. The molecule has 0 saturated carbocycles. The van der Waals surface area contributed by atoms with Crippen LogP contribution in [-0.4, -0.2) is 23.4 Å². The van der Waals surface area contributed by atoms with Crippen LogP contribution >= 0.6 is 23.2 Å². The van der Waals surface area contributed by atoms with Crippen molar-refractivity contribution in [2.24, 2.45) is 0 Å². The summed E-state index contributed by atoms with van der Waals surface area (Å²) in [5.41, 5.74) is -5.62. The highest BCUT2D eigenvalue weighted by molar-refractivity contribution is 6.34. The first kappa shape index (κ1) is 22.3. The monoisotopic (exact) mass is 470 g/mol. The van der Waals surface area contributed by atoms with Gasteiger partial charge in [0, 0.05) is 28.1 Å². The van der Waals surface area contributed by atoms with Crippen LogP contribution in [0.3, 0.4) is 0 Å². The first-order valence-corrected chi connectivity index (χ1v) is 8.86. The van der Waals surface area contributed by atoms with Crippen LogP contribution in [0.1, 0.15) is 16.7 Å². The van der Waals surface area contributed by atoms with Crippen molar-refractivity contribution in [1.82, 2.24) is 0 Å². The van der Waals surface area contributed by atoms with Crippen LogP contribution in [0.4, 0.5) is 26.3 Å². The Kier molecular flexibility index (Phi) is 5.49.